The van der Waals surface area contributed by atoms with Gasteiger partial charge in [0.25, 0.3) is 10.0 Å². The zero-order valence-corrected chi connectivity index (χ0v) is 11.7. The van der Waals surface area contributed by atoms with Crippen LogP contribution in [0.4, 0.5) is 0 Å². The van der Waals surface area contributed by atoms with E-state index in [0.29, 0.717) is 13.0 Å². The summed E-state index contributed by atoms with van der Waals surface area (Å²) in [5, 5.41) is 0. The van der Waals surface area contributed by atoms with Crippen molar-refractivity contribution in [2.75, 3.05) is 6.54 Å². The number of hydrogen-bond acceptors (Lipinski definition) is 4. The second-order valence-electron chi connectivity index (χ2n) is 3.57. The van der Waals surface area contributed by atoms with Gasteiger partial charge in [-0.15, -0.1) is 0 Å². The normalized spacial score (nSPS) is 11.6. The fourth-order valence-electron chi connectivity index (χ4n) is 1.41. The number of benzene rings is 1. The minimum Gasteiger partial charge on any atom is -0.232 e. The molecule has 0 atom stereocenters. The van der Waals surface area contributed by atoms with Crippen LogP contribution in [-0.4, -0.2) is 19.9 Å². The van der Waals surface area contributed by atoms with Crippen molar-refractivity contribution in [2.24, 2.45) is 0 Å². The van der Waals surface area contributed by atoms with Crippen molar-refractivity contribution < 1.29 is 8.42 Å². The second kappa shape index (κ2) is 5.79. The maximum atomic E-state index is 11.8. The van der Waals surface area contributed by atoms with Crippen LogP contribution in [0.2, 0.25) is 4.47 Å². The molecule has 2 rings (SSSR count). The lowest BCUT2D eigenvalue weighted by Crippen LogP contribution is -2.25. The monoisotopic (exact) mass is 302 g/mol. The number of halogens is 1. The van der Waals surface area contributed by atoms with Crippen molar-refractivity contribution in [3.05, 3.63) is 46.6 Å². The molecule has 0 aliphatic carbocycles. The summed E-state index contributed by atoms with van der Waals surface area (Å²) in [5.41, 5.74) is 1.09. The summed E-state index contributed by atoms with van der Waals surface area (Å²) in [6.07, 6.45) is 1.91. The fraction of sp³-hybridized carbons (Fsp3) is 0.182. The minimum atomic E-state index is -3.49. The lowest BCUT2D eigenvalue weighted by Gasteiger charge is -2.04. The van der Waals surface area contributed by atoms with Crippen LogP contribution in [-0.2, 0) is 16.4 Å². The van der Waals surface area contributed by atoms with Gasteiger partial charge in [-0.05, 0) is 12.0 Å². The summed E-state index contributed by atoms with van der Waals surface area (Å²) in [5.74, 6) is 0. The predicted octanol–water partition coefficient (Wildman–Crippen LogP) is 2.32. The van der Waals surface area contributed by atoms with Crippen LogP contribution >= 0.6 is 22.9 Å². The SMILES string of the molecule is O=S(=O)(NCCc1ccccc1)c1cnc(Cl)s1. The Morgan fingerprint density at radius 2 is 2.00 bits per heavy atom. The van der Waals surface area contributed by atoms with E-state index in [1.165, 1.54) is 6.20 Å². The van der Waals surface area contributed by atoms with E-state index < -0.39 is 10.0 Å². The number of nitrogens with one attached hydrogen (secondary N) is 1. The molecule has 4 nitrogen and oxygen atoms in total. The molecule has 7 heteroatoms. The Hall–Kier alpha value is -0.950. The fourth-order valence-corrected chi connectivity index (χ4v) is 3.78. The first-order valence-corrected chi connectivity index (χ1v) is 7.90. The van der Waals surface area contributed by atoms with Gasteiger partial charge in [0.1, 0.15) is 0 Å². The number of rotatable bonds is 5. The number of nitrogens with zero attached hydrogens (tertiary/aromatic N) is 1. The first-order valence-electron chi connectivity index (χ1n) is 5.23. The van der Waals surface area contributed by atoms with Crippen molar-refractivity contribution in [1.82, 2.24) is 9.71 Å². The predicted molar refractivity (Wildman–Crippen MR) is 72.5 cm³/mol. The summed E-state index contributed by atoms with van der Waals surface area (Å²) in [6.45, 7) is 0.349. The first-order chi connectivity index (χ1) is 8.58. The molecule has 0 saturated heterocycles. The molecule has 0 saturated carbocycles. The second-order valence-corrected chi connectivity index (χ2v) is 7.17. The van der Waals surface area contributed by atoms with Crippen LogP contribution < -0.4 is 4.72 Å². The van der Waals surface area contributed by atoms with E-state index in [9.17, 15) is 8.42 Å². The van der Waals surface area contributed by atoms with Crippen LogP contribution in [0.15, 0.2) is 40.7 Å². The van der Waals surface area contributed by atoms with Gasteiger partial charge < -0.3 is 0 Å². The Labute approximate surface area is 115 Å². The third-order valence-electron chi connectivity index (χ3n) is 2.27. The maximum Gasteiger partial charge on any atom is 0.251 e. The standard InChI is InChI=1S/C11H11ClN2O2S2/c12-11-13-8-10(17-11)18(15,16)14-7-6-9-4-2-1-3-5-9/h1-5,8,14H,6-7H2. The summed E-state index contributed by atoms with van der Waals surface area (Å²) < 4.78 is 26.6. The summed E-state index contributed by atoms with van der Waals surface area (Å²) in [7, 11) is -3.49. The topological polar surface area (TPSA) is 59.1 Å². The number of thiazole rings is 1. The Morgan fingerprint density at radius 1 is 1.28 bits per heavy atom. The summed E-state index contributed by atoms with van der Waals surface area (Å²) in [4.78, 5) is 3.71. The van der Waals surface area contributed by atoms with Gasteiger partial charge in [-0.2, -0.15) is 0 Å². The molecule has 0 bridgehead atoms. The molecule has 1 heterocycles. The molecule has 0 aliphatic rings. The van der Waals surface area contributed by atoms with Crippen molar-refractivity contribution in [2.45, 2.75) is 10.6 Å². The van der Waals surface area contributed by atoms with E-state index in [1.54, 1.807) is 0 Å². The van der Waals surface area contributed by atoms with E-state index in [1.807, 2.05) is 30.3 Å². The Bertz CT molecular complexity index is 611. The van der Waals surface area contributed by atoms with E-state index >= 15 is 0 Å². The lowest BCUT2D eigenvalue weighted by atomic mass is 10.2. The van der Waals surface area contributed by atoms with Crippen molar-refractivity contribution in [3.8, 4) is 0 Å². The number of aromatic nitrogens is 1. The molecule has 0 spiro atoms. The molecule has 0 fully saturated rings. The van der Waals surface area contributed by atoms with Crippen LogP contribution in [0, 0.1) is 0 Å². The highest BCUT2D eigenvalue weighted by Crippen LogP contribution is 2.21. The minimum absolute atomic E-state index is 0.139. The third-order valence-corrected chi connectivity index (χ3v) is 5.31. The van der Waals surface area contributed by atoms with Crippen molar-refractivity contribution in [3.63, 3.8) is 0 Å². The van der Waals surface area contributed by atoms with Crippen molar-refractivity contribution in [1.29, 1.82) is 0 Å². The van der Waals surface area contributed by atoms with Crippen molar-refractivity contribution >= 4 is 33.0 Å². The zero-order valence-electron chi connectivity index (χ0n) is 9.34. The molecule has 1 aromatic heterocycles. The highest BCUT2D eigenvalue weighted by atomic mass is 35.5. The van der Waals surface area contributed by atoms with E-state index in [-0.39, 0.29) is 8.68 Å². The lowest BCUT2D eigenvalue weighted by molar-refractivity contribution is 0.583. The quantitative estimate of drug-likeness (QED) is 0.922. The van der Waals surface area contributed by atoms with Gasteiger partial charge in [0.2, 0.25) is 0 Å². The Morgan fingerprint density at radius 3 is 2.61 bits per heavy atom. The molecule has 0 radical (unpaired) electrons. The molecule has 0 aliphatic heterocycles. The van der Waals surface area contributed by atoms with Gasteiger partial charge in [0.15, 0.2) is 8.68 Å². The van der Waals surface area contributed by atoms with Gasteiger partial charge in [-0.3, -0.25) is 0 Å². The maximum absolute atomic E-state index is 11.8. The molecule has 0 unspecified atom stereocenters. The van der Waals surface area contributed by atoms with E-state index in [0.717, 1.165) is 16.9 Å². The average molecular weight is 303 g/mol. The van der Waals surface area contributed by atoms with Gasteiger partial charge >= 0.3 is 0 Å². The van der Waals surface area contributed by atoms with Gasteiger partial charge in [-0.25, -0.2) is 18.1 Å². The molecule has 96 valence electrons. The largest absolute Gasteiger partial charge is 0.251 e. The average Bonchev–Trinajstić information content (AvgIpc) is 2.78. The van der Waals surface area contributed by atoms with E-state index in [4.69, 9.17) is 11.6 Å². The Balaban J connectivity index is 1.94. The van der Waals surface area contributed by atoms with Crippen LogP contribution in [0.1, 0.15) is 5.56 Å². The first kappa shape index (κ1) is 13.5. The number of hydrogen-bond donors (Lipinski definition) is 1. The van der Waals surface area contributed by atoms with Gasteiger partial charge in [0, 0.05) is 6.54 Å². The Kier molecular flexibility index (Phi) is 4.34. The molecule has 1 aromatic carbocycles. The van der Waals surface area contributed by atoms with Crippen LogP contribution in [0.5, 0.6) is 0 Å². The molecule has 1 N–H and O–H groups in total. The molecule has 0 amide bonds. The molecular formula is C11H11ClN2O2S2. The zero-order chi connectivity index (χ0) is 13.0. The molecule has 18 heavy (non-hydrogen) atoms. The molecular weight excluding hydrogens is 292 g/mol. The smallest absolute Gasteiger partial charge is 0.232 e. The highest BCUT2D eigenvalue weighted by molar-refractivity contribution is 7.91. The van der Waals surface area contributed by atoms with Gasteiger partial charge in [0.05, 0.1) is 6.20 Å². The van der Waals surface area contributed by atoms with Gasteiger partial charge in [-0.1, -0.05) is 53.3 Å². The highest BCUT2D eigenvalue weighted by Gasteiger charge is 2.16. The third kappa shape index (κ3) is 3.52. The number of sulfonamides is 1. The van der Waals surface area contributed by atoms with Crippen LogP contribution in [0.25, 0.3) is 0 Å². The van der Waals surface area contributed by atoms with E-state index in [2.05, 4.69) is 9.71 Å². The summed E-state index contributed by atoms with van der Waals surface area (Å²) in [6, 6.07) is 9.68. The van der Waals surface area contributed by atoms with Crippen LogP contribution in [0.3, 0.4) is 0 Å². The summed E-state index contributed by atoms with van der Waals surface area (Å²) >= 11 is 6.56. The molecule has 2 aromatic rings.